The third kappa shape index (κ3) is 5.66. The van der Waals surface area contributed by atoms with Gasteiger partial charge in [0.1, 0.15) is 5.82 Å². The minimum Gasteiger partial charge on any atom is -0.386 e. The van der Waals surface area contributed by atoms with Crippen molar-refractivity contribution in [3.8, 4) is 0 Å². The summed E-state index contributed by atoms with van der Waals surface area (Å²) in [6, 6.07) is 5.18. The van der Waals surface area contributed by atoms with Gasteiger partial charge in [0, 0.05) is 31.1 Å². The fraction of sp³-hybridized carbons (Fsp3) is 0.522. The predicted octanol–water partition coefficient (Wildman–Crippen LogP) is 4.29. The number of sulfone groups is 1. The Morgan fingerprint density at radius 2 is 1.86 bits per heavy atom. The lowest BCUT2D eigenvalue weighted by atomic mass is 9.86. The van der Waals surface area contributed by atoms with Crippen molar-refractivity contribution in [1.82, 2.24) is 24.8 Å². The van der Waals surface area contributed by atoms with Crippen LogP contribution in [0.3, 0.4) is 0 Å². The van der Waals surface area contributed by atoms with Crippen LogP contribution in [0.1, 0.15) is 51.7 Å². The van der Waals surface area contributed by atoms with Crippen LogP contribution in [0.2, 0.25) is 5.28 Å². The molecule has 0 spiro atoms. The molecule has 0 radical (unpaired) electrons. The van der Waals surface area contributed by atoms with Crippen molar-refractivity contribution in [3.63, 3.8) is 0 Å². The molecule has 1 aliphatic rings. The molecule has 0 fully saturated rings. The number of nitrogens with zero attached hydrogens (tertiary/aromatic N) is 4. The van der Waals surface area contributed by atoms with Crippen LogP contribution in [0, 0.1) is 5.92 Å². The number of aromatic nitrogens is 4. The van der Waals surface area contributed by atoms with Crippen LogP contribution in [0.4, 0.5) is 13.2 Å². The van der Waals surface area contributed by atoms with Gasteiger partial charge >= 0.3 is 6.18 Å². The Morgan fingerprint density at radius 3 is 2.39 bits per heavy atom. The third-order valence-electron chi connectivity index (χ3n) is 6.28. The van der Waals surface area contributed by atoms with Gasteiger partial charge in [0.25, 0.3) is 0 Å². The van der Waals surface area contributed by atoms with Crippen LogP contribution in [0.25, 0.3) is 11.0 Å². The van der Waals surface area contributed by atoms with Gasteiger partial charge in [0.05, 0.1) is 27.1 Å². The van der Waals surface area contributed by atoms with Crippen LogP contribution < -0.4 is 5.32 Å². The second-order valence-corrected chi connectivity index (χ2v) is 12.1. The minimum absolute atomic E-state index is 0.192. The molecule has 2 aromatic heterocycles. The van der Waals surface area contributed by atoms with E-state index < -0.39 is 38.2 Å². The summed E-state index contributed by atoms with van der Waals surface area (Å²) in [6.45, 7) is 10.6. The molecular weight excluding hydrogens is 519 g/mol. The average molecular weight is 548 g/mol. The quantitative estimate of drug-likeness (QED) is 0.471. The zero-order valence-electron chi connectivity index (χ0n) is 20.8. The third-order valence-corrected chi connectivity index (χ3v) is 7.57. The summed E-state index contributed by atoms with van der Waals surface area (Å²) in [6.07, 6.45) is -2.55. The number of hydrogen-bond acceptors (Lipinski definition) is 7. The van der Waals surface area contributed by atoms with Gasteiger partial charge in [-0.05, 0) is 56.5 Å². The monoisotopic (exact) mass is 547 g/mol. The highest BCUT2D eigenvalue weighted by Crippen LogP contribution is 2.36. The number of imidazole rings is 1. The Morgan fingerprint density at radius 1 is 1.22 bits per heavy atom. The Hall–Kier alpha value is -2.28. The fourth-order valence-electron chi connectivity index (χ4n) is 3.95. The van der Waals surface area contributed by atoms with E-state index in [1.807, 2.05) is 0 Å². The molecule has 0 aliphatic carbocycles. The van der Waals surface area contributed by atoms with Gasteiger partial charge in [0.15, 0.2) is 15.5 Å². The molecule has 36 heavy (non-hydrogen) atoms. The summed E-state index contributed by atoms with van der Waals surface area (Å²) in [5.74, 6) is 1.38. The van der Waals surface area contributed by atoms with Crippen LogP contribution in [0.5, 0.6) is 0 Å². The first-order valence-corrected chi connectivity index (χ1v) is 13.4. The summed E-state index contributed by atoms with van der Waals surface area (Å²) in [7, 11) is -3.20. The maximum Gasteiger partial charge on any atom is 0.433 e. The van der Waals surface area contributed by atoms with Crippen molar-refractivity contribution in [1.29, 1.82) is 0 Å². The maximum atomic E-state index is 12.5. The Bertz CT molecular complexity index is 1380. The molecule has 1 aliphatic heterocycles. The highest BCUT2D eigenvalue weighted by Gasteiger charge is 2.40. The van der Waals surface area contributed by atoms with E-state index in [0.717, 1.165) is 36.1 Å². The highest BCUT2D eigenvalue weighted by molar-refractivity contribution is 7.90. The van der Waals surface area contributed by atoms with Crippen LogP contribution >= 0.6 is 11.6 Å². The van der Waals surface area contributed by atoms with Crippen LogP contribution in [0.15, 0.2) is 29.3 Å². The summed E-state index contributed by atoms with van der Waals surface area (Å²) in [5.41, 5.74) is -1.72. The number of fused-ring (bicyclic) bond motifs is 3. The molecule has 1 atom stereocenters. The first kappa shape index (κ1) is 28.3. The van der Waals surface area contributed by atoms with Crippen LogP contribution in [-0.4, -0.2) is 45.8 Å². The first-order chi connectivity index (χ1) is 16.4. The van der Waals surface area contributed by atoms with E-state index in [1.54, 1.807) is 18.2 Å². The van der Waals surface area contributed by atoms with Gasteiger partial charge in [-0.1, -0.05) is 13.8 Å². The van der Waals surface area contributed by atoms with Crippen molar-refractivity contribution in [2.24, 2.45) is 5.92 Å². The number of halogens is 4. The van der Waals surface area contributed by atoms with Crippen molar-refractivity contribution < 1.29 is 26.7 Å². The molecule has 1 aromatic carbocycles. The molecule has 2 N–H and O–H groups in total. The largest absolute Gasteiger partial charge is 0.433 e. The number of aliphatic hydroxyl groups is 1. The molecule has 0 unspecified atom stereocenters. The second kappa shape index (κ2) is 9.55. The highest BCUT2D eigenvalue weighted by atomic mass is 35.5. The van der Waals surface area contributed by atoms with Crippen molar-refractivity contribution in [3.05, 3.63) is 46.8 Å². The zero-order valence-corrected chi connectivity index (χ0v) is 22.3. The molecule has 0 amide bonds. The number of nitrogens with one attached hydrogen (secondary N) is 1. The Kier molecular flexibility index (Phi) is 7.50. The van der Waals surface area contributed by atoms with Gasteiger partial charge in [-0.25, -0.2) is 23.4 Å². The molecule has 13 heteroatoms. The number of alkyl halides is 3. The molecule has 0 bridgehead atoms. The van der Waals surface area contributed by atoms with Gasteiger partial charge in [0.2, 0.25) is 5.28 Å². The standard InChI is InChI=1S/C15H21N3O2S.C8H8ClF3N2O/c1-10(2)15(3)14-17-12-6-5-11(21(4,19)20)9-13(12)18(14)8-7-16-15;1-7(2,15)4-3-13-6(9)14-5(4)8(10,11)12/h5-6,9-10,16H,7-8H2,1-4H3;3,15H,1-2H3/t15-;/m1./s1. The molecule has 3 aromatic rings. The van der Waals surface area contributed by atoms with E-state index in [0.29, 0.717) is 10.8 Å². The van der Waals surface area contributed by atoms with Crippen molar-refractivity contribution in [2.45, 2.75) is 63.4 Å². The fourth-order valence-corrected chi connectivity index (χ4v) is 4.72. The molecular formula is C23H29ClF3N5O3S. The normalized spacial score (nSPS) is 18.7. The zero-order chi connectivity index (χ0) is 27.3. The second-order valence-electron chi connectivity index (χ2n) is 9.75. The minimum atomic E-state index is -4.66. The van der Waals surface area contributed by atoms with Gasteiger partial charge < -0.3 is 15.0 Å². The van der Waals surface area contributed by atoms with E-state index in [1.165, 1.54) is 20.1 Å². The summed E-state index contributed by atoms with van der Waals surface area (Å²) >= 11 is 5.27. The van der Waals surface area contributed by atoms with Crippen molar-refractivity contribution in [2.75, 3.05) is 12.8 Å². The summed E-state index contributed by atoms with van der Waals surface area (Å²) < 4.78 is 63.2. The topological polar surface area (TPSA) is 110 Å². The van der Waals surface area contributed by atoms with E-state index in [2.05, 4.69) is 40.6 Å². The van der Waals surface area contributed by atoms with E-state index in [-0.39, 0.29) is 5.54 Å². The number of benzene rings is 1. The van der Waals surface area contributed by atoms with Gasteiger partial charge in [-0.3, -0.25) is 0 Å². The van der Waals surface area contributed by atoms with Crippen molar-refractivity contribution >= 4 is 32.5 Å². The lowest BCUT2D eigenvalue weighted by Crippen LogP contribution is -2.51. The van der Waals surface area contributed by atoms with E-state index >= 15 is 0 Å². The predicted molar refractivity (Wildman–Crippen MR) is 130 cm³/mol. The van der Waals surface area contributed by atoms with E-state index in [4.69, 9.17) is 16.6 Å². The average Bonchev–Trinajstić information content (AvgIpc) is 3.11. The molecule has 0 saturated carbocycles. The Balaban J connectivity index is 0.000000214. The maximum absolute atomic E-state index is 12.5. The lowest BCUT2D eigenvalue weighted by Gasteiger charge is -2.38. The van der Waals surface area contributed by atoms with E-state index in [9.17, 15) is 26.7 Å². The molecule has 0 saturated heterocycles. The number of rotatable bonds is 3. The molecule has 8 nitrogen and oxygen atoms in total. The molecule has 4 rings (SSSR count). The van der Waals surface area contributed by atoms with Crippen LogP contribution in [-0.2, 0) is 33.7 Å². The SMILES string of the molecule is CC(C)(O)c1cnc(Cl)nc1C(F)(F)F.CC(C)[C@@]1(C)NCCn2c1nc1ccc(S(C)(=O)=O)cc12. The smallest absolute Gasteiger partial charge is 0.386 e. The Labute approximate surface area is 212 Å². The van der Waals surface area contributed by atoms with Gasteiger partial charge in [-0.2, -0.15) is 13.2 Å². The lowest BCUT2D eigenvalue weighted by molar-refractivity contribution is -0.144. The van der Waals surface area contributed by atoms with Gasteiger partial charge in [-0.15, -0.1) is 0 Å². The molecule has 198 valence electrons. The summed E-state index contributed by atoms with van der Waals surface area (Å²) in [4.78, 5) is 11.6. The number of hydrogen-bond donors (Lipinski definition) is 2. The summed E-state index contributed by atoms with van der Waals surface area (Å²) in [5, 5.41) is 12.6. The molecule has 3 heterocycles. The first-order valence-electron chi connectivity index (χ1n) is 11.1.